The molecule has 112 valence electrons. The van der Waals surface area contributed by atoms with Crippen molar-refractivity contribution < 1.29 is 19.8 Å². The van der Waals surface area contributed by atoms with Gasteiger partial charge in [-0.2, -0.15) is 0 Å². The van der Waals surface area contributed by atoms with E-state index in [1.165, 1.54) is 38.5 Å². The van der Waals surface area contributed by atoms with E-state index in [9.17, 15) is 14.7 Å². The minimum atomic E-state index is -2.22. The van der Waals surface area contributed by atoms with Gasteiger partial charge in [-0.1, -0.05) is 58.3 Å². The number of aliphatic hydroxyl groups is 1. The highest BCUT2D eigenvalue weighted by molar-refractivity contribution is 6.05. The number of Topliss-reactive ketones (excluding diaryl/α,β-unsaturated/α-hetero) is 1. The van der Waals surface area contributed by atoms with Gasteiger partial charge < -0.3 is 10.2 Å². The van der Waals surface area contributed by atoms with Crippen molar-refractivity contribution in [3.63, 3.8) is 0 Å². The van der Waals surface area contributed by atoms with Gasteiger partial charge in [-0.3, -0.25) is 4.79 Å². The maximum absolute atomic E-state index is 11.5. The molecule has 0 aliphatic carbocycles. The molecule has 0 aromatic carbocycles. The monoisotopic (exact) mass is 272 g/mol. The fourth-order valence-corrected chi connectivity index (χ4v) is 1.96. The Morgan fingerprint density at radius 2 is 1.32 bits per heavy atom. The zero-order valence-electron chi connectivity index (χ0n) is 12.3. The molecule has 0 spiro atoms. The van der Waals surface area contributed by atoms with Crippen molar-refractivity contribution in [2.45, 2.75) is 83.7 Å². The Labute approximate surface area is 116 Å². The molecule has 0 aliphatic heterocycles. The molecule has 0 rings (SSSR count). The lowest BCUT2D eigenvalue weighted by Gasteiger charge is -2.15. The van der Waals surface area contributed by atoms with Gasteiger partial charge in [0.15, 0.2) is 5.78 Å². The predicted octanol–water partition coefficient (Wildman–Crippen LogP) is 3.31. The maximum Gasteiger partial charge on any atom is 0.343 e. The van der Waals surface area contributed by atoms with Crippen LogP contribution in [0.5, 0.6) is 0 Å². The van der Waals surface area contributed by atoms with E-state index in [4.69, 9.17) is 5.11 Å². The topological polar surface area (TPSA) is 74.6 Å². The zero-order chi connectivity index (χ0) is 14.7. The number of carboxylic acids is 1. The first-order valence-electron chi connectivity index (χ1n) is 7.42. The van der Waals surface area contributed by atoms with E-state index >= 15 is 0 Å². The number of unbranched alkanes of at least 4 members (excludes halogenated alkanes) is 8. The van der Waals surface area contributed by atoms with Gasteiger partial charge in [0.05, 0.1) is 0 Å². The number of carboxylic acid groups (broad SMARTS) is 1. The summed E-state index contributed by atoms with van der Waals surface area (Å²) in [6.07, 6.45) is 10.4. The van der Waals surface area contributed by atoms with Crippen molar-refractivity contribution in [3.05, 3.63) is 0 Å². The van der Waals surface area contributed by atoms with Gasteiger partial charge >= 0.3 is 5.97 Å². The van der Waals surface area contributed by atoms with Gasteiger partial charge in [0, 0.05) is 6.42 Å². The summed E-state index contributed by atoms with van der Waals surface area (Å²) in [5.74, 6) is -2.06. The molecule has 0 aromatic heterocycles. The zero-order valence-corrected chi connectivity index (χ0v) is 12.3. The highest BCUT2D eigenvalue weighted by Crippen LogP contribution is 2.14. The molecular formula is C15H28O4. The minimum absolute atomic E-state index is 0.148. The lowest BCUT2D eigenvalue weighted by atomic mass is 9.96. The number of aliphatic carboxylic acids is 1. The third-order valence-corrected chi connectivity index (χ3v) is 3.47. The number of carbonyl (C=O) groups is 2. The first kappa shape index (κ1) is 18.1. The molecule has 0 radical (unpaired) electrons. The normalized spacial score (nSPS) is 14.1. The van der Waals surface area contributed by atoms with Crippen molar-refractivity contribution >= 4 is 11.8 Å². The van der Waals surface area contributed by atoms with Crippen LogP contribution in [0.25, 0.3) is 0 Å². The third-order valence-electron chi connectivity index (χ3n) is 3.47. The Bertz CT molecular complexity index is 271. The van der Waals surface area contributed by atoms with Crippen LogP contribution < -0.4 is 0 Å². The second kappa shape index (κ2) is 9.96. The average Bonchev–Trinajstić information content (AvgIpc) is 2.36. The molecule has 0 unspecified atom stereocenters. The summed E-state index contributed by atoms with van der Waals surface area (Å²) >= 11 is 0. The Morgan fingerprint density at radius 3 is 1.74 bits per heavy atom. The molecular weight excluding hydrogens is 244 g/mol. The summed E-state index contributed by atoms with van der Waals surface area (Å²) < 4.78 is 0. The van der Waals surface area contributed by atoms with Crippen molar-refractivity contribution in [1.82, 2.24) is 0 Å². The van der Waals surface area contributed by atoms with Gasteiger partial charge in [-0.05, 0) is 13.3 Å². The van der Waals surface area contributed by atoms with Crippen LogP contribution in [0.15, 0.2) is 0 Å². The fraction of sp³-hybridized carbons (Fsp3) is 0.867. The van der Waals surface area contributed by atoms with Crippen LogP contribution in [-0.2, 0) is 9.59 Å². The van der Waals surface area contributed by atoms with Gasteiger partial charge in [-0.15, -0.1) is 0 Å². The van der Waals surface area contributed by atoms with E-state index in [1.54, 1.807) is 0 Å². The van der Waals surface area contributed by atoms with Gasteiger partial charge in [-0.25, -0.2) is 4.79 Å². The molecule has 0 saturated carbocycles. The van der Waals surface area contributed by atoms with Crippen LogP contribution in [0.2, 0.25) is 0 Å². The summed E-state index contributed by atoms with van der Waals surface area (Å²) in [5.41, 5.74) is -2.22. The van der Waals surface area contributed by atoms with Crippen molar-refractivity contribution in [2.24, 2.45) is 0 Å². The Balaban J connectivity index is 3.50. The van der Waals surface area contributed by atoms with Crippen LogP contribution in [0, 0.1) is 0 Å². The van der Waals surface area contributed by atoms with E-state index in [-0.39, 0.29) is 6.42 Å². The molecule has 0 amide bonds. The highest BCUT2D eigenvalue weighted by Gasteiger charge is 2.37. The minimum Gasteiger partial charge on any atom is -0.479 e. The summed E-state index contributed by atoms with van der Waals surface area (Å²) in [7, 11) is 0. The van der Waals surface area contributed by atoms with Crippen molar-refractivity contribution in [2.75, 3.05) is 0 Å². The Morgan fingerprint density at radius 1 is 0.895 bits per heavy atom. The van der Waals surface area contributed by atoms with E-state index in [1.807, 2.05) is 0 Å². The largest absolute Gasteiger partial charge is 0.479 e. The van der Waals surface area contributed by atoms with Gasteiger partial charge in [0.2, 0.25) is 5.60 Å². The fourth-order valence-electron chi connectivity index (χ4n) is 1.96. The summed E-state index contributed by atoms with van der Waals surface area (Å²) in [4.78, 5) is 22.1. The second-order valence-corrected chi connectivity index (χ2v) is 5.38. The molecule has 19 heavy (non-hydrogen) atoms. The molecule has 0 heterocycles. The second-order valence-electron chi connectivity index (χ2n) is 5.38. The number of hydrogen-bond acceptors (Lipinski definition) is 3. The molecule has 0 aromatic rings. The number of ketones is 1. The number of hydrogen-bond donors (Lipinski definition) is 2. The molecule has 0 saturated heterocycles. The predicted molar refractivity (Wildman–Crippen MR) is 75.1 cm³/mol. The molecule has 4 heteroatoms. The van der Waals surface area contributed by atoms with E-state index in [0.29, 0.717) is 6.42 Å². The third kappa shape index (κ3) is 7.98. The summed E-state index contributed by atoms with van der Waals surface area (Å²) in [5, 5.41) is 18.1. The number of carbonyl (C=O) groups excluding carboxylic acids is 1. The SMILES string of the molecule is CCCCCCCCCCCC(=O)[C@@](C)(O)C(=O)O. The van der Waals surface area contributed by atoms with Gasteiger partial charge in [0.1, 0.15) is 0 Å². The van der Waals surface area contributed by atoms with E-state index in [2.05, 4.69) is 6.92 Å². The van der Waals surface area contributed by atoms with Crippen molar-refractivity contribution in [3.8, 4) is 0 Å². The number of rotatable bonds is 12. The average molecular weight is 272 g/mol. The van der Waals surface area contributed by atoms with Crippen LogP contribution in [-0.4, -0.2) is 27.6 Å². The molecule has 4 nitrogen and oxygen atoms in total. The maximum atomic E-state index is 11.5. The molecule has 0 fully saturated rings. The van der Waals surface area contributed by atoms with Crippen LogP contribution in [0.1, 0.15) is 78.1 Å². The van der Waals surface area contributed by atoms with Gasteiger partial charge in [0.25, 0.3) is 0 Å². The van der Waals surface area contributed by atoms with E-state index in [0.717, 1.165) is 19.8 Å². The Hall–Kier alpha value is -0.900. The smallest absolute Gasteiger partial charge is 0.343 e. The molecule has 1 atom stereocenters. The quantitative estimate of drug-likeness (QED) is 0.422. The standard InChI is InChI=1S/C15H28O4/c1-3-4-5-6-7-8-9-10-11-12-13(16)15(2,19)14(17)18/h19H,3-12H2,1-2H3,(H,17,18)/t15-/m1/s1. The lowest BCUT2D eigenvalue weighted by molar-refractivity contribution is -0.163. The van der Waals surface area contributed by atoms with Crippen LogP contribution in [0.3, 0.4) is 0 Å². The van der Waals surface area contributed by atoms with Crippen LogP contribution in [0.4, 0.5) is 0 Å². The highest BCUT2D eigenvalue weighted by atomic mass is 16.4. The van der Waals surface area contributed by atoms with E-state index < -0.39 is 17.4 Å². The first-order valence-corrected chi connectivity index (χ1v) is 7.42. The summed E-state index contributed by atoms with van der Waals surface area (Å²) in [6.45, 7) is 3.24. The Kier molecular flexibility index (Phi) is 9.48. The lowest BCUT2D eigenvalue weighted by Crippen LogP contribution is -2.43. The molecule has 0 aliphatic rings. The first-order chi connectivity index (χ1) is 8.92. The molecule has 0 bridgehead atoms. The summed E-state index contributed by atoms with van der Waals surface area (Å²) in [6, 6.07) is 0. The van der Waals surface area contributed by atoms with Crippen molar-refractivity contribution in [1.29, 1.82) is 0 Å². The molecule has 2 N–H and O–H groups in total. The van der Waals surface area contributed by atoms with Crippen LogP contribution >= 0.6 is 0 Å².